The molecule has 0 aromatic heterocycles. The molecule has 13 heavy (non-hydrogen) atoms. The molecule has 1 atom stereocenters. The largest absolute Gasteiger partial charge is 0.370 e. The van der Waals surface area contributed by atoms with E-state index in [1.165, 1.54) is 12.8 Å². The first-order valence-corrected chi connectivity index (χ1v) is 5.25. The molecule has 1 aliphatic carbocycles. The van der Waals surface area contributed by atoms with Crippen molar-refractivity contribution in [3.8, 4) is 0 Å². The predicted octanol–water partition coefficient (Wildman–Crippen LogP) is 1.05. The maximum Gasteiger partial charge on any atom is 0.191 e. The summed E-state index contributed by atoms with van der Waals surface area (Å²) in [6.07, 6.45) is 2.75. The lowest BCUT2D eigenvalue weighted by Crippen LogP contribution is -2.43. The highest BCUT2D eigenvalue weighted by Crippen LogP contribution is 2.37. The van der Waals surface area contributed by atoms with E-state index in [2.05, 4.69) is 23.7 Å². The van der Waals surface area contributed by atoms with Gasteiger partial charge in [-0.1, -0.05) is 13.8 Å². The van der Waals surface area contributed by atoms with Gasteiger partial charge in [-0.2, -0.15) is 0 Å². The molecule has 3 heteroatoms. The molecule has 1 saturated carbocycles. The van der Waals surface area contributed by atoms with E-state index < -0.39 is 0 Å². The van der Waals surface area contributed by atoms with Crippen molar-refractivity contribution in [1.29, 1.82) is 0 Å². The fourth-order valence-electron chi connectivity index (χ4n) is 2.05. The molecule has 2 rings (SSSR count). The summed E-state index contributed by atoms with van der Waals surface area (Å²) in [5.74, 6) is 2.32. The van der Waals surface area contributed by atoms with E-state index in [9.17, 15) is 0 Å². The van der Waals surface area contributed by atoms with Crippen LogP contribution in [0.3, 0.4) is 0 Å². The Kier molecular flexibility index (Phi) is 2.18. The highest BCUT2D eigenvalue weighted by atomic mass is 15.3. The lowest BCUT2D eigenvalue weighted by molar-refractivity contribution is 0.280. The fraction of sp³-hybridized carbons (Fsp3) is 0.900. The SMILES string of the molecule is CC(C)CN1C(N)=NCC1C1CC1. The molecule has 0 aromatic rings. The molecular formula is C10H19N3. The Morgan fingerprint density at radius 1 is 1.54 bits per heavy atom. The van der Waals surface area contributed by atoms with Gasteiger partial charge in [0.15, 0.2) is 5.96 Å². The summed E-state index contributed by atoms with van der Waals surface area (Å²) in [4.78, 5) is 6.64. The Bertz CT molecular complexity index is 218. The Morgan fingerprint density at radius 3 is 2.77 bits per heavy atom. The number of nitrogens with two attached hydrogens (primary N) is 1. The van der Waals surface area contributed by atoms with Gasteiger partial charge in [0, 0.05) is 6.54 Å². The zero-order chi connectivity index (χ0) is 9.42. The highest BCUT2D eigenvalue weighted by Gasteiger charge is 2.38. The molecule has 0 radical (unpaired) electrons. The zero-order valence-corrected chi connectivity index (χ0v) is 8.53. The summed E-state index contributed by atoms with van der Waals surface area (Å²) in [6, 6.07) is 0.627. The van der Waals surface area contributed by atoms with Crippen LogP contribution in [0.15, 0.2) is 4.99 Å². The van der Waals surface area contributed by atoms with Gasteiger partial charge in [-0.15, -0.1) is 0 Å². The number of nitrogens with zero attached hydrogens (tertiary/aromatic N) is 2. The van der Waals surface area contributed by atoms with Crippen LogP contribution >= 0.6 is 0 Å². The molecule has 0 bridgehead atoms. The third kappa shape index (κ3) is 1.79. The van der Waals surface area contributed by atoms with Crippen molar-refractivity contribution in [3.05, 3.63) is 0 Å². The second-order valence-electron chi connectivity index (χ2n) is 4.65. The first-order chi connectivity index (χ1) is 6.18. The predicted molar refractivity (Wildman–Crippen MR) is 54.5 cm³/mol. The molecular weight excluding hydrogens is 162 g/mol. The number of guanidine groups is 1. The minimum Gasteiger partial charge on any atom is -0.370 e. The second kappa shape index (κ2) is 3.20. The molecule has 1 aliphatic heterocycles. The molecule has 0 aromatic carbocycles. The van der Waals surface area contributed by atoms with Crippen molar-refractivity contribution in [2.24, 2.45) is 22.6 Å². The lowest BCUT2D eigenvalue weighted by atomic mass is 10.1. The van der Waals surface area contributed by atoms with Crippen LogP contribution in [0.5, 0.6) is 0 Å². The van der Waals surface area contributed by atoms with Crippen LogP contribution in [0.1, 0.15) is 26.7 Å². The van der Waals surface area contributed by atoms with E-state index in [1.807, 2.05) is 0 Å². The van der Waals surface area contributed by atoms with Crippen molar-refractivity contribution in [2.45, 2.75) is 32.7 Å². The monoisotopic (exact) mass is 181 g/mol. The van der Waals surface area contributed by atoms with Gasteiger partial charge in [0.2, 0.25) is 0 Å². The third-order valence-corrected chi connectivity index (χ3v) is 2.86. The van der Waals surface area contributed by atoms with Crippen molar-refractivity contribution in [2.75, 3.05) is 13.1 Å². The zero-order valence-electron chi connectivity index (χ0n) is 8.53. The number of rotatable bonds is 3. The van der Waals surface area contributed by atoms with E-state index in [-0.39, 0.29) is 0 Å². The van der Waals surface area contributed by atoms with E-state index >= 15 is 0 Å². The lowest BCUT2D eigenvalue weighted by Gasteiger charge is -2.27. The Labute approximate surface area is 80.0 Å². The average Bonchev–Trinajstić information content (AvgIpc) is 2.81. The summed E-state index contributed by atoms with van der Waals surface area (Å²) < 4.78 is 0. The molecule has 74 valence electrons. The molecule has 1 heterocycles. The van der Waals surface area contributed by atoms with Gasteiger partial charge in [0.25, 0.3) is 0 Å². The summed E-state index contributed by atoms with van der Waals surface area (Å²) in [7, 11) is 0. The van der Waals surface area contributed by atoms with Crippen molar-refractivity contribution >= 4 is 5.96 Å². The fourth-order valence-corrected chi connectivity index (χ4v) is 2.05. The molecule has 2 N–H and O–H groups in total. The van der Waals surface area contributed by atoms with Crippen LogP contribution in [0.2, 0.25) is 0 Å². The molecule has 1 unspecified atom stereocenters. The quantitative estimate of drug-likeness (QED) is 0.707. The smallest absolute Gasteiger partial charge is 0.191 e. The minimum atomic E-state index is 0.627. The molecule has 0 spiro atoms. The number of hydrogen-bond acceptors (Lipinski definition) is 3. The van der Waals surface area contributed by atoms with E-state index in [1.54, 1.807) is 0 Å². The van der Waals surface area contributed by atoms with Crippen LogP contribution in [0.4, 0.5) is 0 Å². The van der Waals surface area contributed by atoms with Crippen LogP contribution in [-0.2, 0) is 0 Å². The number of aliphatic imine (C=N–C) groups is 1. The van der Waals surface area contributed by atoms with Crippen LogP contribution < -0.4 is 5.73 Å². The van der Waals surface area contributed by atoms with Gasteiger partial charge in [-0.3, -0.25) is 4.99 Å². The van der Waals surface area contributed by atoms with Gasteiger partial charge >= 0.3 is 0 Å². The molecule has 1 fully saturated rings. The average molecular weight is 181 g/mol. The minimum absolute atomic E-state index is 0.627. The first kappa shape index (κ1) is 8.85. The Hall–Kier alpha value is -0.730. The van der Waals surface area contributed by atoms with Crippen molar-refractivity contribution in [3.63, 3.8) is 0 Å². The van der Waals surface area contributed by atoms with Gasteiger partial charge in [0.1, 0.15) is 0 Å². The third-order valence-electron chi connectivity index (χ3n) is 2.86. The summed E-state index contributed by atoms with van der Waals surface area (Å²) >= 11 is 0. The molecule has 3 nitrogen and oxygen atoms in total. The van der Waals surface area contributed by atoms with E-state index in [0.717, 1.165) is 25.0 Å². The first-order valence-electron chi connectivity index (χ1n) is 5.25. The normalized spacial score (nSPS) is 28.4. The Balaban J connectivity index is 1.98. The topological polar surface area (TPSA) is 41.6 Å². The molecule has 0 saturated heterocycles. The van der Waals surface area contributed by atoms with E-state index in [4.69, 9.17) is 5.73 Å². The van der Waals surface area contributed by atoms with Gasteiger partial charge < -0.3 is 10.6 Å². The maximum absolute atomic E-state index is 5.86. The van der Waals surface area contributed by atoms with Gasteiger partial charge in [-0.05, 0) is 24.7 Å². The highest BCUT2D eigenvalue weighted by molar-refractivity contribution is 5.80. The van der Waals surface area contributed by atoms with Crippen LogP contribution in [0.25, 0.3) is 0 Å². The van der Waals surface area contributed by atoms with Crippen molar-refractivity contribution < 1.29 is 0 Å². The Morgan fingerprint density at radius 2 is 2.23 bits per heavy atom. The summed E-state index contributed by atoms with van der Waals surface area (Å²) in [5.41, 5.74) is 5.86. The van der Waals surface area contributed by atoms with Crippen molar-refractivity contribution in [1.82, 2.24) is 4.90 Å². The number of hydrogen-bond donors (Lipinski definition) is 1. The summed E-state index contributed by atoms with van der Waals surface area (Å²) in [6.45, 7) is 6.46. The molecule has 2 aliphatic rings. The van der Waals surface area contributed by atoms with Gasteiger partial charge in [-0.25, -0.2) is 0 Å². The standard InChI is InChI=1S/C10H19N3/c1-7(2)6-13-9(8-3-4-8)5-12-10(13)11/h7-9H,3-6H2,1-2H3,(H2,11,12). The maximum atomic E-state index is 5.86. The molecule has 0 amide bonds. The van der Waals surface area contributed by atoms with Gasteiger partial charge in [0.05, 0.1) is 12.6 Å². The van der Waals surface area contributed by atoms with E-state index in [0.29, 0.717) is 12.0 Å². The van der Waals surface area contributed by atoms with Crippen LogP contribution in [0, 0.1) is 11.8 Å². The van der Waals surface area contributed by atoms with Crippen LogP contribution in [-0.4, -0.2) is 30.0 Å². The second-order valence-corrected chi connectivity index (χ2v) is 4.65. The summed E-state index contributed by atoms with van der Waals surface area (Å²) in [5, 5.41) is 0.